The van der Waals surface area contributed by atoms with Gasteiger partial charge in [0.2, 0.25) is 11.0 Å². The molecule has 0 saturated carbocycles. The molecule has 0 radical (unpaired) electrons. The van der Waals surface area contributed by atoms with E-state index in [0.717, 1.165) is 18.1 Å². The van der Waals surface area contributed by atoms with Gasteiger partial charge >= 0.3 is 0 Å². The summed E-state index contributed by atoms with van der Waals surface area (Å²) in [4.78, 5) is 11.9. The van der Waals surface area contributed by atoms with Crippen LogP contribution in [0.2, 0.25) is 0 Å². The minimum absolute atomic E-state index is 0.0529. The van der Waals surface area contributed by atoms with E-state index in [1.54, 1.807) is 0 Å². The molecule has 100 valence electrons. The van der Waals surface area contributed by atoms with E-state index < -0.39 is 0 Å². The second kappa shape index (κ2) is 6.24. The van der Waals surface area contributed by atoms with Gasteiger partial charge in [0.1, 0.15) is 5.01 Å². The molecular formula is C12H20N4OS. The largest absolute Gasteiger partial charge is 0.317 e. The van der Waals surface area contributed by atoms with Crippen molar-refractivity contribution in [1.29, 1.82) is 0 Å². The molecule has 1 aliphatic heterocycles. The molecule has 2 heterocycles. The van der Waals surface area contributed by atoms with Gasteiger partial charge in [0.05, 0.1) is 0 Å². The van der Waals surface area contributed by atoms with Crippen molar-refractivity contribution < 1.29 is 4.79 Å². The summed E-state index contributed by atoms with van der Waals surface area (Å²) >= 11 is 1.41. The number of carbonyl (C=O) groups excluding carboxylic acids is 1. The van der Waals surface area contributed by atoms with Gasteiger partial charge in [-0.25, -0.2) is 0 Å². The predicted octanol–water partition coefficient (Wildman–Crippen LogP) is 1.81. The molecule has 1 fully saturated rings. The highest BCUT2D eigenvalue weighted by Gasteiger charge is 2.22. The summed E-state index contributed by atoms with van der Waals surface area (Å²) < 4.78 is 0. The highest BCUT2D eigenvalue weighted by Crippen LogP contribution is 2.25. The van der Waals surface area contributed by atoms with Crippen LogP contribution in [0.15, 0.2) is 0 Å². The van der Waals surface area contributed by atoms with Gasteiger partial charge in [-0.05, 0) is 44.7 Å². The van der Waals surface area contributed by atoms with E-state index in [2.05, 4.69) is 27.8 Å². The molecule has 0 aliphatic carbocycles. The average Bonchev–Trinajstić information content (AvgIpc) is 2.75. The van der Waals surface area contributed by atoms with Crippen molar-refractivity contribution in [1.82, 2.24) is 15.5 Å². The Morgan fingerprint density at radius 1 is 1.50 bits per heavy atom. The molecule has 1 aromatic rings. The van der Waals surface area contributed by atoms with Gasteiger partial charge in [0, 0.05) is 6.42 Å². The van der Waals surface area contributed by atoms with Crippen molar-refractivity contribution in [2.75, 3.05) is 18.4 Å². The molecule has 1 unspecified atom stereocenters. The molecule has 1 atom stereocenters. The lowest BCUT2D eigenvalue weighted by molar-refractivity contribution is -0.117. The van der Waals surface area contributed by atoms with Crippen molar-refractivity contribution in [3.05, 3.63) is 5.01 Å². The fraction of sp³-hybridized carbons (Fsp3) is 0.750. The standard InChI is InChI=1S/C12H20N4OS/c1-8(10-3-5-13-6-4-10)7-11(17)14-12-16-15-9(2)18-12/h8,10,13H,3-7H2,1-2H3,(H,14,16,17). The summed E-state index contributed by atoms with van der Waals surface area (Å²) in [6.07, 6.45) is 2.92. The van der Waals surface area contributed by atoms with Crippen LogP contribution >= 0.6 is 11.3 Å². The Morgan fingerprint density at radius 3 is 2.83 bits per heavy atom. The topological polar surface area (TPSA) is 66.9 Å². The van der Waals surface area contributed by atoms with Crippen LogP contribution in [0.25, 0.3) is 0 Å². The third-order valence-electron chi connectivity index (χ3n) is 3.47. The van der Waals surface area contributed by atoms with Gasteiger partial charge < -0.3 is 10.6 Å². The molecule has 0 spiro atoms. The summed E-state index contributed by atoms with van der Waals surface area (Å²) in [7, 11) is 0. The monoisotopic (exact) mass is 268 g/mol. The lowest BCUT2D eigenvalue weighted by Gasteiger charge is -2.27. The number of hydrogen-bond donors (Lipinski definition) is 2. The molecule has 0 aromatic carbocycles. The number of carbonyl (C=O) groups is 1. The lowest BCUT2D eigenvalue weighted by Crippen LogP contribution is -2.32. The number of aryl methyl sites for hydroxylation is 1. The average molecular weight is 268 g/mol. The summed E-state index contributed by atoms with van der Waals surface area (Å²) in [6.45, 7) is 6.20. The predicted molar refractivity (Wildman–Crippen MR) is 72.7 cm³/mol. The highest BCUT2D eigenvalue weighted by molar-refractivity contribution is 7.15. The van der Waals surface area contributed by atoms with Crippen LogP contribution in [0.3, 0.4) is 0 Å². The number of aromatic nitrogens is 2. The third-order valence-corrected chi connectivity index (χ3v) is 4.22. The maximum Gasteiger partial charge on any atom is 0.226 e. The molecule has 1 amide bonds. The van der Waals surface area contributed by atoms with E-state index in [-0.39, 0.29) is 5.91 Å². The molecule has 18 heavy (non-hydrogen) atoms. The van der Waals surface area contributed by atoms with Crippen molar-refractivity contribution in [2.45, 2.75) is 33.1 Å². The quantitative estimate of drug-likeness (QED) is 0.874. The SMILES string of the molecule is Cc1nnc(NC(=O)CC(C)C2CCNCC2)s1. The second-order valence-corrected chi connectivity index (χ2v) is 6.12. The van der Waals surface area contributed by atoms with E-state index in [1.807, 2.05) is 6.92 Å². The van der Waals surface area contributed by atoms with Crippen LogP contribution in [-0.2, 0) is 4.79 Å². The normalized spacial score (nSPS) is 18.6. The zero-order chi connectivity index (χ0) is 13.0. The molecule has 2 rings (SSSR count). The molecule has 5 nitrogen and oxygen atoms in total. The van der Waals surface area contributed by atoms with Crippen LogP contribution in [0.5, 0.6) is 0 Å². The first-order valence-corrected chi connectivity index (χ1v) is 7.27. The molecule has 1 saturated heterocycles. The second-order valence-electron chi connectivity index (χ2n) is 4.94. The van der Waals surface area contributed by atoms with Gasteiger partial charge in [-0.15, -0.1) is 10.2 Å². The molecule has 2 N–H and O–H groups in total. The third kappa shape index (κ3) is 3.74. The van der Waals surface area contributed by atoms with Crippen LogP contribution < -0.4 is 10.6 Å². The number of nitrogens with zero attached hydrogens (tertiary/aromatic N) is 2. The fourth-order valence-corrected chi connectivity index (χ4v) is 3.00. The summed E-state index contributed by atoms with van der Waals surface area (Å²) in [5, 5.41) is 15.4. The highest BCUT2D eigenvalue weighted by atomic mass is 32.1. The Bertz CT molecular complexity index is 401. The maximum absolute atomic E-state index is 11.9. The van der Waals surface area contributed by atoms with Gasteiger partial charge in [-0.3, -0.25) is 4.79 Å². The van der Waals surface area contributed by atoms with Gasteiger partial charge in [-0.2, -0.15) is 0 Å². The molecule has 1 aliphatic rings. The zero-order valence-corrected chi connectivity index (χ0v) is 11.7. The first kappa shape index (κ1) is 13.4. The Kier molecular flexibility index (Phi) is 4.66. The number of anilines is 1. The van der Waals surface area contributed by atoms with Gasteiger partial charge in [0.15, 0.2) is 0 Å². The number of nitrogens with one attached hydrogen (secondary N) is 2. The first-order chi connectivity index (χ1) is 8.65. The minimum Gasteiger partial charge on any atom is -0.317 e. The Morgan fingerprint density at radius 2 is 2.22 bits per heavy atom. The van der Waals surface area contributed by atoms with Crippen LogP contribution in [0, 0.1) is 18.8 Å². The summed E-state index contributed by atoms with van der Waals surface area (Å²) in [5.74, 6) is 1.14. The molecule has 6 heteroatoms. The van der Waals surface area contributed by atoms with Crippen LogP contribution in [-0.4, -0.2) is 29.2 Å². The summed E-state index contributed by atoms with van der Waals surface area (Å²) in [5.41, 5.74) is 0. The smallest absolute Gasteiger partial charge is 0.226 e. The van der Waals surface area contributed by atoms with E-state index in [0.29, 0.717) is 23.4 Å². The van der Waals surface area contributed by atoms with Crippen LogP contribution in [0.1, 0.15) is 31.2 Å². The van der Waals surface area contributed by atoms with Crippen molar-refractivity contribution in [3.8, 4) is 0 Å². The summed E-state index contributed by atoms with van der Waals surface area (Å²) in [6, 6.07) is 0. The number of hydrogen-bond acceptors (Lipinski definition) is 5. The van der Waals surface area contributed by atoms with Crippen LogP contribution in [0.4, 0.5) is 5.13 Å². The fourth-order valence-electron chi connectivity index (χ4n) is 2.39. The molecule has 0 bridgehead atoms. The zero-order valence-electron chi connectivity index (χ0n) is 10.9. The number of amides is 1. The van der Waals surface area contributed by atoms with Crippen molar-refractivity contribution in [2.24, 2.45) is 11.8 Å². The van der Waals surface area contributed by atoms with E-state index in [1.165, 1.54) is 24.2 Å². The van der Waals surface area contributed by atoms with Crippen molar-refractivity contribution in [3.63, 3.8) is 0 Å². The van der Waals surface area contributed by atoms with Crippen molar-refractivity contribution >= 4 is 22.4 Å². The van der Waals surface area contributed by atoms with Gasteiger partial charge in [0.25, 0.3) is 0 Å². The Labute approximate surface area is 111 Å². The van der Waals surface area contributed by atoms with Gasteiger partial charge in [-0.1, -0.05) is 18.3 Å². The Balaban J connectivity index is 1.79. The van der Waals surface area contributed by atoms with E-state index in [9.17, 15) is 4.79 Å². The molecule has 1 aromatic heterocycles. The first-order valence-electron chi connectivity index (χ1n) is 6.46. The van der Waals surface area contributed by atoms with E-state index >= 15 is 0 Å². The van der Waals surface area contributed by atoms with E-state index in [4.69, 9.17) is 0 Å². The minimum atomic E-state index is 0.0529. The number of rotatable bonds is 4. The maximum atomic E-state index is 11.9. The lowest BCUT2D eigenvalue weighted by atomic mass is 9.84. The number of piperidine rings is 1. The Hall–Kier alpha value is -1.01. The molecular weight excluding hydrogens is 248 g/mol.